The number of aliphatic hydroxyl groups is 1. The normalized spacial score (nSPS) is 22.9. The van der Waals surface area contributed by atoms with Gasteiger partial charge in [-0.05, 0) is 12.3 Å². The van der Waals surface area contributed by atoms with Crippen LogP contribution in [-0.2, 0) is 9.53 Å². The molecule has 0 aromatic carbocycles. The number of nitrogens with zero attached hydrogens (tertiary/aromatic N) is 1. The zero-order valence-corrected chi connectivity index (χ0v) is 12.3. The topological polar surface area (TPSA) is 66.8 Å². The summed E-state index contributed by atoms with van der Waals surface area (Å²) in [6.45, 7) is 12.9. The smallest absolute Gasteiger partial charge is 0.417 e. The van der Waals surface area contributed by atoms with E-state index in [1.807, 2.05) is 20.8 Å². The van der Waals surface area contributed by atoms with Crippen LogP contribution in [-0.4, -0.2) is 40.8 Å². The fraction of sp³-hybridized carbons (Fsp3) is 0.714. The van der Waals surface area contributed by atoms with Crippen molar-refractivity contribution in [3.63, 3.8) is 0 Å². The minimum absolute atomic E-state index is 0.198. The Hall–Kier alpha value is -1.36. The Labute approximate surface area is 114 Å². The summed E-state index contributed by atoms with van der Waals surface area (Å²) in [5.74, 6) is -1.13. The molecule has 0 unspecified atom stereocenters. The third-order valence-electron chi connectivity index (χ3n) is 3.48. The zero-order valence-electron chi connectivity index (χ0n) is 12.3. The van der Waals surface area contributed by atoms with Crippen LogP contribution >= 0.6 is 0 Å². The van der Waals surface area contributed by atoms with Crippen molar-refractivity contribution in [1.29, 1.82) is 0 Å². The van der Waals surface area contributed by atoms with Gasteiger partial charge in [0.25, 0.3) is 0 Å². The lowest BCUT2D eigenvalue weighted by atomic mass is 9.86. The predicted molar refractivity (Wildman–Crippen MR) is 71.4 cm³/mol. The molecule has 5 heteroatoms. The molecular formula is C14H23NO4. The third-order valence-corrected chi connectivity index (χ3v) is 3.48. The van der Waals surface area contributed by atoms with Gasteiger partial charge in [-0.1, -0.05) is 39.8 Å². The number of hydrogen-bond acceptors (Lipinski definition) is 4. The summed E-state index contributed by atoms with van der Waals surface area (Å²) in [7, 11) is 0. The first-order valence-electron chi connectivity index (χ1n) is 6.40. The molecule has 2 amide bonds. The van der Waals surface area contributed by atoms with E-state index in [4.69, 9.17) is 4.74 Å². The molecule has 5 nitrogen and oxygen atoms in total. The fourth-order valence-corrected chi connectivity index (χ4v) is 2.08. The van der Waals surface area contributed by atoms with Crippen LogP contribution in [0.1, 0.15) is 34.6 Å². The molecule has 1 aliphatic rings. The Morgan fingerprint density at radius 3 is 2.47 bits per heavy atom. The number of carbonyl (C=O) groups is 2. The van der Waals surface area contributed by atoms with Gasteiger partial charge in [-0.25, -0.2) is 9.69 Å². The Bertz CT molecular complexity index is 397. The highest BCUT2D eigenvalue weighted by atomic mass is 16.6. The Morgan fingerprint density at radius 2 is 2.05 bits per heavy atom. The van der Waals surface area contributed by atoms with Crippen molar-refractivity contribution < 1.29 is 19.4 Å². The fourth-order valence-electron chi connectivity index (χ4n) is 2.08. The van der Waals surface area contributed by atoms with Gasteiger partial charge in [0.05, 0.1) is 18.1 Å². The van der Waals surface area contributed by atoms with Gasteiger partial charge in [0.2, 0.25) is 5.91 Å². The molecule has 0 radical (unpaired) electrons. The van der Waals surface area contributed by atoms with Gasteiger partial charge in [0.1, 0.15) is 6.61 Å². The van der Waals surface area contributed by atoms with Gasteiger partial charge >= 0.3 is 6.09 Å². The van der Waals surface area contributed by atoms with Crippen LogP contribution in [0.15, 0.2) is 12.2 Å². The minimum atomic E-state index is -0.957. The molecule has 19 heavy (non-hydrogen) atoms. The summed E-state index contributed by atoms with van der Waals surface area (Å²) in [6, 6.07) is -0.313. The second kappa shape index (κ2) is 5.33. The Kier molecular flexibility index (Phi) is 4.40. The van der Waals surface area contributed by atoms with Crippen molar-refractivity contribution in [1.82, 2.24) is 4.90 Å². The maximum atomic E-state index is 12.4. The Morgan fingerprint density at radius 1 is 1.53 bits per heavy atom. The van der Waals surface area contributed by atoms with Crippen LogP contribution in [0.2, 0.25) is 0 Å². The predicted octanol–water partition coefficient (Wildman–Crippen LogP) is 1.95. The van der Waals surface area contributed by atoms with E-state index in [2.05, 4.69) is 6.58 Å². The number of cyclic esters (lactones) is 1. The highest BCUT2D eigenvalue weighted by Crippen LogP contribution is 2.31. The van der Waals surface area contributed by atoms with Crippen molar-refractivity contribution in [3.8, 4) is 0 Å². The van der Waals surface area contributed by atoms with Gasteiger partial charge in [-0.3, -0.25) is 4.79 Å². The highest BCUT2D eigenvalue weighted by molar-refractivity contribution is 5.95. The van der Waals surface area contributed by atoms with E-state index in [-0.39, 0.29) is 18.1 Å². The largest absolute Gasteiger partial charge is 0.447 e. The van der Waals surface area contributed by atoms with Crippen molar-refractivity contribution in [3.05, 3.63) is 12.2 Å². The first-order valence-corrected chi connectivity index (χ1v) is 6.40. The average Bonchev–Trinajstić information content (AvgIpc) is 2.67. The number of aliphatic hydroxyl groups excluding tert-OH is 1. The number of ether oxygens (including phenoxy) is 1. The minimum Gasteiger partial charge on any atom is -0.447 e. The summed E-state index contributed by atoms with van der Waals surface area (Å²) >= 11 is 0. The van der Waals surface area contributed by atoms with Crippen LogP contribution in [0.4, 0.5) is 4.79 Å². The third kappa shape index (κ3) is 3.15. The molecule has 0 spiro atoms. The summed E-state index contributed by atoms with van der Waals surface area (Å²) < 4.78 is 4.98. The van der Waals surface area contributed by atoms with Crippen molar-refractivity contribution in [2.75, 3.05) is 6.61 Å². The van der Waals surface area contributed by atoms with E-state index in [0.29, 0.717) is 5.57 Å². The quantitative estimate of drug-likeness (QED) is 0.795. The SMILES string of the molecule is C=C(C)[C@@H](O)[C@H](C)C(=O)N1C(=O)OC[C@@H]1C(C)(C)C. The average molecular weight is 269 g/mol. The highest BCUT2D eigenvalue weighted by Gasteiger charge is 2.46. The summed E-state index contributed by atoms with van der Waals surface area (Å²) in [6.07, 6.45) is -1.59. The molecule has 1 saturated heterocycles. The maximum Gasteiger partial charge on any atom is 0.417 e. The van der Waals surface area contributed by atoms with Gasteiger partial charge < -0.3 is 9.84 Å². The second-order valence-corrected chi connectivity index (χ2v) is 6.25. The van der Waals surface area contributed by atoms with E-state index >= 15 is 0 Å². The monoisotopic (exact) mass is 269 g/mol. The standard InChI is InChI=1S/C14H23NO4/c1-8(2)11(16)9(3)12(17)15-10(14(4,5)6)7-19-13(15)18/h9-11,16H,1,7H2,2-6H3/t9-,10+,11+/m0/s1. The Balaban J connectivity index is 2.96. The van der Waals surface area contributed by atoms with Crippen LogP contribution in [0.3, 0.4) is 0 Å². The number of hydrogen-bond donors (Lipinski definition) is 1. The van der Waals surface area contributed by atoms with Crippen molar-refractivity contribution in [2.45, 2.75) is 46.8 Å². The van der Waals surface area contributed by atoms with Crippen LogP contribution in [0, 0.1) is 11.3 Å². The molecule has 0 aromatic rings. The molecular weight excluding hydrogens is 246 g/mol. The molecule has 0 saturated carbocycles. The summed E-state index contributed by atoms with van der Waals surface area (Å²) in [5, 5.41) is 9.90. The first-order chi connectivity index (χ1) is 8.57. The molecule has 1 fully saturated rings. The van der Waals surface area contributed by atoms with Gasteiger partial charge in [0.15, 0.2) is 0 Å². The van der Waals surface area contributed by atoms with Crippen molar-refractivity contribution in [2.24, 2.45) is 11.3 Å². The van der Waals surface area contributed by atoms with E-state index < -0.39 is 24.0 Å². The molecule has 1 heterocycles. The molecule has 0 bridgehead atoms. The van der Waals surface area contributed by atoms with Crippen LogP contribution in [0.25, 0.3) is 0 Å². The van der Waals surface area contributed by atoms with Crippen LogP contribution < -0.4 is 0 Å². The van der Waals surface area contributed by atoms with Crippen LogP contribution in [0.5, 0.6) is 0 Å². The molecule has 0 aliphatic carbocycles. The second-order valence-electron chi connectivity index (χ2n) is 6.25. The summed E-state index contributed by atoms with van der Waals surface area (Å²) in [4.78, 5) is 25.3. The molecule has 0 aromatic heterocycles. The first kappa shape index (κ1) is 15.7. The lowest BCUT2D eigenvalue weighted by Gasteiger charge is -2.33. The van der Waals surface area contributed by atoms with Crippen molar-refractivity contribution >= 4 is 12.0 Å². The lowest BCUT2D eigenvalue weighted by Crippen LogP contribution is -2.49. The molecule has 1 N–H and O–H groups in total. The van der Waals surface area contributed by atoms with E-state index in [0.717, 1.165) is 4.90 Å². The number of imide groups is 1. The van der Waals surface area contributed by atoms with Gasteiger partial charge in [-0.15, -0.1) is 0 Å². The molecule has 3 atom stereocenters. The number of amides is 2. The van der Waals surface area contributed by atoms with Gasteiger partial charge in [-0.2, -0.15) is 0 Å². The molecule has 108 valence electrons. The van der Waals surface area contributed by atoms with E-state index in [1.54, 1.807) is 13.8 Å². The number of carbonyl (C=O) groups excluding carboxylic acids is 2. The van der Waals surface area contributed by atoms with E-state index in [9.17, 15) is 14.7 Å². The molecule has 1 rings (SSSR count). The lowest BCUT2D eigenvalue weighted by molar-refractivity contribution is -0.137. The maximum absolute atomic E-state index is 12.4. The zero-order chi connectivity index (χ0) is 15.0. The summed E-state index contributed by atoms with van der Waals surface area (Å²) in [5.41, 5.74) is 0.233. The number of rotatable bonds is 3. The molecule has 1 aliphatic heterocycles. The van der Waals surface area contributed by atoms with E-state index in [1.165, 1.54) is 0 Å². The van der Waals surface area contributed by atoms with Gasteiger partial charge in [0, 0.05) is 0 Å².